The summed E-state index contributed by atoms with van der Waals surface area (Å²) in [6.07, 6.45) is -0.341. The van der Waals surface area contributed by atoms with E-state index in [1.807, 2.05) is 45.8 Å². The number of benzene rings is 2. The Balaban J connectivity index is 0.00000380. The molecule has 1 saturated heterocycles. The van der Waals surface area contributed by atoms with Crippen LogP contribution >= 0.6 is 11.3 Å². The first kappa shape index (κ1) is 29.5. The van der Waals surface area contributed by atoms with Crippen molar-refractivity contribution in [3.8, 4) is 0 Å². The summed E-state index contributed by atoms with van der Waals surface area (Å²) < 4.78 is 34.6. The van der Waals surface area contributed by atoms with Crippen LogP contribution in [0.2, 0.25) is 0 Å². The van der Waals surface area contributed by atoms with Gasteiger partial charge < -0.3 is 22.0 Å². The predicted molar refractivity (Wildman–Crippen MR) is 145 cm³/mol. The van der Waals surface area contributed by atoms with Crippen LogP contribution in [-0.4, -0.2) is 81.0 Å². The van der Waals surface area contributed by atoms with Crippen molar-refractivity contribution in [2.45, 2.75) is 44.8 Å². The quantitative estimate of drug-likeness (QED) is 0.424. The lowest BCUT2D eigenvalue weighted by Crippen LogP contribution is -3.00. The van der Waals surface area contributed by atoms with Gasteiger partial charge in [0.25, 0.3) is 5.91 Å². The second kappa shape index (κ2) is 11.8. The fourth-order valence-electron chi connectivity index (χ4n) is 4.32. The number of hydrogen-bond donors (Lipinski definition) is 0. The van der Waals surface area contributed by atoms with Crippen molar-refractivity contribution >= 4 is 42.6 Å². The largest absolute Gasteiger partial charge is 1.00 e. The van der Waals surface area contributed by atoms with Crippen molar-refractivity contribution in [3.63, 3.8) is 0 Å². The monoisotopic (exact) mass is 565 g/mol. The van der Waals surface area contributed by atoms with E-state index in [1.54, 1.807) is 17.0 Å². The van der Waals surface area contributed by atoms with Crippen LogP contribution in [0.25, 0.3) is 10.2 Å². The first-order chi connectivity index (χ1) is 17.0. The lowest BCUT2D eigenvalue weighted by atomic mass is 10.1. The molecule has 11 heteroatoms. The Labute approximate surface area is 229 Å². The number of sulfonamides is 1. The summed E-state index contributed by atoms with van der Waals surface area (Å²) in [5.74, 6) is -0.206. The maximum atomic E-state index is 13.6. The standard InChI is InChI=1S/C26H34N4O4S2.ClH/c1-17-7-12-23-24(20(17)4)27-26(35-23)30(14-13-28(5)6)25(31)21-8-10-22(11-9-21)36(32,33)29-15-18(2)34-19(3)16-29;/h7-12,18-19H,13-16H2,1-6H3;1H/p-1. The average Bonchev–Trinajstić information content (AvgIpc) is 3.25. The molecule has 1 fully saturated rings. The van der Waals surface area contributed by atoms with Crippen LogP contribution < -0.4 is 17.3 Å². The normalized spacial score (nSPS) is 18.7. The van der Waals surface area contributed by atoms with E-state index >= 15 is 0 Å². The molecule has 2 atom stereocenters. The third-order valence-electron chi connectivity index (χ3n) is 6.45. The van der Waals surface area contributed by atoms with Crippen molar-refractivity contribution < 1.29 is 30.4 Å². The smallest absolute Gasteiger partial charge is 0.260 e. The number of hydrogen-bond acceptors (Lipinski definition) is 7. The fraction of sp³-hybridized carbons (Fsp3) is 0.462. The number of aromatic nitrogens is 1. The summed E-state index contributed by atoms with van der Waals surface area (Å²) in [6.45, 7) is 9.58. The van der Waals surface area contributed by atoms with E-state index in [4.69, 9.17) is 9.72 Å². The number of rotatable bonds is 7. The molecular weight excluding hydrogens is 532 g/mol. The lowest BCUT2D eigenvalue weighted by Gasteiger charge is -2.34. The molecule has 3 aromatic rings. The van der Waals surface area contributed by atoms with Gasteiger partial charge in [0.05, 0.1) is 27.3 Å². The fourth-order valence-corrected chi connectivity index (χ4v) is 6.96. The van der Waals surface area contributed by atoms with Crippen molar-refractivity contribution in [3.05, 3.63) is 53.1 Å². The highest BCUT2D eigenvalue weighted by Crippen LogP contribution is 2.33. The van der Waals surface area contributed by atoms with Gasteiger partial charge in [0.1, 0.15) is 0 Å². The van der Waals surface area contributed by atoms with E-state index in [0.29, 0.717) is 36.9 Å². The Bertz CT molecular complexity index is 1350. The minimum absolute atomic E-state index is 0. The number of ether oxygens (including phenoxy) is 1. The number of morpholine rings is 1. The Morgan fingerprint density at radius 3 is 2.27 bits per heavy atom. The summed E-state index contributed by atoms with van der Waals surface area (Å²) in [6, 6.07) is 10.3. The van der Waals surface area contributed by atoms with Crippen LogP contribution in [0.15, 0.2) is 41.3 Å². The molecule has 0 bridgehead atoms. The molecule has 37 heavy (non-hydrogen) atoms. The number of anilines is 1. The molecule has 0 N–H and O–H groups in total. The molecule has 2 heterocycles. The van der Waals surface area contributed by atoms with E-state index < -0.39 is 10.0 Å². The van der Waals surface area contributed by atoms with E-state index in [0.717, 1.165) is 21.3 Å². The first-order valence-electron chi connectivity index (χ1n) is 12.1. The third kappa shape index (κ3) is 6.32. The number of nitrogens with zero attached hydrogens (tertiary/aromatic N) is 4. The zero-order valence-electron chi connectivity index (χ0n) is 22.1. The Hall–Kier alpha value is -2.08. The second-order valence-electron chi connectivity index (χ2n) is 9.71. The third-order valence-corrected chi connectivity index (χ3v) is 9.33. The number of carbonyl (C=O) groups excluding carboxylic acids is 1. The first-order valence-corrected chi connectivity index (χ1v) is 14.3. The molecule has 0 spiro atoms. The van der Waals surface area contributed by atoms with E-state index in [-0.39, 0.29) is 35.4 Å². The van der Waals surface area contributed by atoms with Crippen molar-refractivity contribution in [2.75, 3.05) is 45.2 Å². The van der Waals surface area contributed by atoms with Crippen LogP contribution in [-0.2, 0) is 14.8 Å². The van der Waals surface area contributed by atoms with Crippen molar-refractivity contribution in [1.82, 2.24) is 14.2 Å². The van der Waals surface area contributed by atoms with Crippen LogP contribution in [0.1, 0.15) is 35.3 Å². The van der Waals surface area contributed by atoms with Crippen LogP contribution in [0.5, 0.6) is 0 Å². The van der Waals surface area contributed by atoms with Crippen LogP contribution in [0.3, 0.4) is 0 Å². The van der Waals surface area contributed by atoms with Gasteiger partial charge in [-0.15, -0.1) is 0 Å². The highest BCUT2D eigenvalue weighted by atomic mass is 35.5. The van der Waals surface area contributed by atoms with Gasteiger partial charge in [0, 0.05) is 31.7 Å². The van der Waals surface area contributed by atoms with Crippen LogP contribution in [0, 0.1) is 13.8 Å². The Kier molecular flexibility index (Phi) is 9.36. The van der Waals surface area contributed by atoms with E-state index in [2.05, 4.69) is 13.0 Å². The number of carbonyl (C=O) groups is 1. The summed E-state index contributed by atoms with van der Waals surface area (Å²) in [5, 5.41) is 0.638. The van der Waals surface area contributed by atoms with Gasteiger partial charge in [-0.1, -0.05) is 17.4 Å². The second-order valence-corrected chi connectivity index (χ2v) is 12.7. The highest BCUT2D eigenvalue weighted by molar-refractivity contribution is 7.89. The summed E-state index contributed by atoms with van der Waals surface area (Å²) in [4.78, 5) is 22.3. The summed E-state index contributed by atoms with van der Waals surface area (Å²) >= 11 is 1.49. The number of halogens is 1. The SMILES string of the molecule is Cc1ccc2sc(N(CCN(C)C)C(=O)c3ccc(S(=O)(=O)N4CC(C)OC(C)C4)cc3)nc2c1C.[Cl-]. The van der Waals surface area contributed by atoms with Crippen molar-refractivity contribution in [1.29, 1.82) is 0 Å². The molecule has 1 aliphatic heterocycles. The van der Waals surface area contributed by atoms with Gasteiger partial charge >= 0.3 is 0 Å². The van der Waals surface area contributed by atoms with Gasteiger partial charge in [-0.3, -0.25) is 9.69 Å². The molecule has 4 rings (SSSR count). The van der Waals surface area contributed by atoms with Crippen molar-refractivity contribution in [2.24, 2.45) is 0 Å². The van der Waals surface area contributed by atoms with Gasteiger partial charge in [-0.05, 0) is 83.2 Å². The molecule has 0 aliphatic carbocycles. The maximum absolute atomic E-state index is 13.6. The van der Waals surface area contributed by atoms with Gasteiger partial charge in [0.15, 0.2) is 5.13 Å². The molecule has 1 amide bonds. The topological polar surface area (TPSA) is 83.1 Å². The molecule has 8 nitrogen and oxygen atoms in total. The average molecular weight is 566 g/mol. The van der Waals surface area contributed by atoms with Gasteiger partial charge in [-0.25, -0.2) is 13.4 Å². The molecular formula is C26H34ClN4O4S2-. The zero-order valence-corrected chi connectivity index (χ0v) is 24.5. The zero-order chi connectivity index (χ0) is 26.2. The number of likely N-dealkylation sites (N-methyl/N-ethyl adjacent to an activating group) is 1. The Morgan fingerprint density at radius 2 is 1.68 bits per heavy atom. The number of thiazole rings is 1. The molecule has 0 saturated carbocycles. The molecule has 0 radical (unpaired) electrons. The maximum Gasteiger partial charge on any atom is 0.260 e. The molecule has 2 unspecified atom stereocenters. The number of fused-ring (bicyclic) bond motifs is 1. The minimum Gasteiger partial charge on any atom is -1.00 e. The van der Waals surface area contributed by atoms with E-state index in [1.165, 1.54) is 27.8 Å². The minimum atomic E-state index is -3.68. The van der Waals surface area contributed by atoms with Crippen LogP contribution in [0.4, 0.5) is 5.13 Å². The van der Waals surface area contributed by atoms with Gasteiger partial charge in [-0.2, -0.15) is 4.31 Å². The summed E-state index contributed by atoms with van der Waals surface area (Å²) in [5.41, 5.74) is 3.60. The van der Waals surface area contributed by atoms with E-state index in [9.17, 15) is 13.2 Å². The van der Waals surface area contributed by atoms with Gasteiger partial charge in [0.2, 0.25) is 10.0 Å². The highest BCUT2D eigenvalue weighted by Gasteiger charge is 2.32. The summed E-state index contributed by atoms with van der Waals surface area (Å²) in [7, 11) is 0.241. The number of aryl methyl sites for hydroxylation is 2. The lowest BCUT2D eigenvalue weighted by molar-refractivity contribution is -0.0440. The molecule has 1 aromatic heterocycles. The predicted octanol–water partition coefficient (Wildman–Crippen LogP) is 0.923. The molecule has 1 aliphatic rings. The molecule has 2 aromatic carbocycles. The Morgan fingerprint density at radius 1 is 1.05 bits per heavy atom. The number of amides is 1. The molecule has 202 valence electrons.